The minimum absolute atomic E-state index is 0.459. The molecule has 0 amide bonds. The van der Waals surface area contributed by atoms with E-state index in [2.05, 4.69) is 4.98 Å². The van der Waals surface area contributed by atoms with Crippen molar-refractivity contribution in [3.63, 3.8) is 0 Å². The van der Waals surface area contributed by atoms with E-state index in [0.717, 1.165) is 22.0 Å². The van der Waals surface area contributed by atoms with Crippen LogP contribution in [0.15, 0.2) is 67.1 Å². The van der Waals surface area contributed by atoms with Crippen molar-refractivity contribution in [1.82, 2.24) is 4.98 Å². The standard InChI is InChI=1S/C23H20F3N3/c1-15-11-18-7-4-5-8-19(18)14-29(15)22-13-20(23(24,25)26)12-21(16(22)2)28-10-6-9-27-17(28)3/h4-14H,1-3H3/q+2. The molecule has 0 unspecified atom stereocenters. The second-order valence-electron chi connectivity index (χ2n) is 7.09. The summed E-state index contributed by atoms with van der Waals surface area (Å²) >= 11 is 0. The van der Waals surface area contributed by atoms with Gasteiger partial charge in [-0.05, 0) is 24.4 Å². The number of hydrogen-bond acceptors (Lipinski definition) is 1. The number of aromatic nitrogens is 3. The summed E-state index contributed by atoms with van der Waals surface area (Å²) in [7, 11) is 0. The Kier molecular flexibility index (Phi) is 4.57. The predicted molar refractivity (Wildman–Crippen MR) is 104 cm³/mol. The lowest BCUT2D eigenvalue weighted by Gasteiger charge is -2.13. The number of pyridine rings is 1. The molecule has 2 heterocycles. The number of nitrogens with zero attached hydrogens (tertiary/aromatic N) is 3. The van der Waals surface area contributed by atoms with Crippen LogP contribution in [0.4, 0.5) is 13.2 Å². The zero-order chi connectivity index (χ0) is 20.8. The monoisotopic (exact) mass is 395 g/mol. The van der Waals surface area contributed by atoms with E-state index in [9.17, 15) is 13.2 Å². The maximum absolute atomic E-state index is 13.7. The van der Waals surface area contributed by atoms with Gasteiger partial charge in [-0.25, -0.2) is 0 Å². The number of fused-ring (bicyclic) bond motifs is 1. The molecule has 0 aliphatic carbocycles. The Balaban J connectivity index is 2.05. The molecule has 0 saturated heterocycles. The average Bonchev–Trinajstić information content (AvgIpc) is 2.67. The Bertz CT molecular complexity index is 1230. The van der Waals surface area contributed by atoms with Gasteiger partial charge in [-0.2, -0.15) is 22.3 Å². The lowest BCUT2D eigenvalue weighted by atomic mass is 10.0. The number of hydrogen-bond donors (Lipinski definition) is 0. The Morgan fingerprint density at radius 3 is 2.14 bits per heavy atom. The van der Waals surface area contributed by atoms with E-state index < -0.39 is 11.7 Å². The molecule has 0 aliphatic heterocycles. The molecular formula is C23H20F3N3+2. The summed E-state index contributed by atoms with van der Waals surface area (Å²) in [5.41, 5.74) is 1.85. The first-order valence-electron chi connectivity index (χ1n) is 9.22. The van der Waals surface area contributed by atoms with Crippen LogP contribution >= 0.6 is 0 Å². The molecule has 3 nitrogen and oxygen atoms in total. The lowest BCUT2D eigenvalue weighted by Crippen LogP contribution is -2.40. The first-order chi connectivity index (χ1) is 13.8. The lowest BCUT2D eigenvalue weighted by molar-refractivity contribution is -0.613. The van der Waals surface area contributed by atoms with Crippen molar-refractivity contribution in [1.29, 1.82) is 0 Å². The molecule has 6 heteroatoms. The number of benzene rings is 2. The first-order valence-corrected chi connectivity index (χ1v) is 9.22. The van der Waals surface area contributed by atoms with Crippen LogP contribution in [0.3, 0.4) is 0 Å². The van der Waals surface area contributed by atoms with Gasteiger partial charge in [0.25, 0.3) is 5.82 Å². The van der Waals surface area contributed by atoms with E-state index in [-0.39, 0.29) is 0 Å². The van der Waals surface area contributed by atoms with Crippen molar-refractivity contribution in [2.75, 3.05) is 0 Å². The number of aryl methyl sites for hydroxylation is 2. The highest BCUT2D eigenvalue weighted by Crippen LogP contribution is 2.32. The van der Waals surface area contributed by atoms with E-state index in [1.165, 1.54) is 12.1 Å². The molecular weight excluding hydrogens is 375 g/mol. The van der Waals surface area contributed by atoms with E-state index in [4.69, 9.17) is 0 Å². The van der Waals surface area contributed by atoms with Crippen molar-refractivity contribution in [3.05, 3.63) is 89.8 Å². The summed E-state index contributed by atoms with van der Waals surface area (Å²) in [6.45, 7) is 5.51. The van der Waals surface area contributed by atoms with Crippen molar-refractivity contribution in [2.45, 2.75) is 26.9 Å². The average molecular weight is 395 g/mol. The van der Waals surface area contributed by atoms with E-state index >= 15 is 0 Å². The van der Waals surface area contributed by atoms with Gasteiger partial charge in [-0.15, -0.1) is 0 Å². The fraction of sp³-hybridized carbons (Fsp3) is 0.174. The van der Waals surface area contributed by atoms with Crippen LogP contribution in [-0.4, -0.2) is 4.98 Å². The molecule has 0 atom stereocenters. The molecule has 0 radical (unpaired) electrons. The summed E-state index contributed by atoms with van der Waals surface area (Å²) in [5.74, 6) is 0.612. The number of halogens is 3. The van der Waals surface area contributed by atoms with E-state index in [1.54, 1.807) is 30.0 Å². The van der Waals surface area contributed by atoms with Crippen LogP contribution in [0.2, 0.25) is 0 Å². The summed E-state index contributed by atoms with van der Waals surface area (Å²) in [5, 5.41) is 2.00. The maximum Gasteiger partial charge on any atom is 0.416 e. The van der Waals surface area contributed by atoms with Crippen LogP contribution in [-0.2, 0) is 6.18 Å². The number of alkyl halides is 3. The zero-order valence-corrected chi connectivity index (χ0v) is 16.3. The van der Waals surface area contributed by atoms with Gasteiger partial charge < -0.3 is 0 Å². The minimum atomic E-state index is -4.46. The van der Waals surface area contributed by atoms with Crippen LogP contribution in [0, 0.1) is 20.8 Å². The van der Waals surface area contributed by atoms with Gasteiger partial charge in [0.15, 0.2) is 11.9 Å². The Morgan fingerprint density at radius 1 is 0.828 bits per heavy atom. The highest BCUT2D eigenvalue weighted by atomic mass is 19.4. The third kappa shape index (κ3) is 3.46. The second kappa shape index (κ2) is 6.95. The molecule has 146 valence electrons. The van der Waals surface area contributed by atoms with Gasteiger partial charge in [0.1, 0.15) is 18.1 Å². The van der Waals surface area contributed by atoms with Gasteiger partial charge in [0.05, 0.1) is 11.1 Å². The number of rotatable bonds is 2. The first kappa shape index (κ1) is 19.1. The second-order valence-corrected chi connectivity index (χ2v) is 7.09. The fourth-order valence-corrected chi connectivity index (χ4v) is 3.60. The smallest absolute Gasteiger partial charge is 0.200 e. The van der Waals surface area contributed by atoms with Crippen LogP contribution in [0.1, 0.15) is 22.6 Å². The molecule has 29 heavy (non-hydrogen) atoms. The largest absolute Gasteiger partial charge is 0.416 e. The van der Waals surface area contributed by atoms with Gasteiger partial charge in [-0.1, -0.05) is 23.2 Å². The summed E-state index contributed by atoms with van der Waals surface area (Å²) in [6, 6.07) is 13.9. The van der Waals surface area contributed by atoms with Crippen molar-refractivity contribution in [2.24, 2.45) is 0 Å². The molecule has 0 spiro atoms. The summed E-state index contributed by atoms with van der Waals surface area (Å²) < 4.78 is 44.7. The van der Waals surface area contributed by atoms with Crippen molar-refractivity contribution >= 4 is 10.8 Å². The van der Waals surface area contributed by atoms with Gasteiger partial charge >= 0.3 is 6.18 Å². The van der Waals surface area contributed by atoms with Gasteiger partial charge in [0.2, 0.25) is 5.69 Å². The normalized spacial score (nSPS) is 11.8. The van der Waals surface area contributed by atoms with Crippen molar-refractivity contribution < 1.29 is 22.3 Å². The van der Waals surface area contributed by atoms with Gasteiger partial charge in [0, 0.05) is 37.4 Å². The van der Waals surface area contributed by atoms with Crippen LogP contribution < -0.4 is 9.13 Å². The molecule has 0 aliphatic rings. The topological polar surface area (TPSA) is 20.6 Å². The molecule has 2 aromatic heterocycles. The third-order valence-corrected chi connectivity index (χ3v) is 5.14. The Labute approximate surface area is 166 Å². The molecule has 0 fully saturated rings. The zero-order valence-electron chi connectivity index (χ0n) is 16.3. The summed E-state index contributed by atoms with van der Waals surface area (Å²) in [6.07, 6.45) is 0.779. The van der Waals surface area contributed by atoms with Crippen LogP contribution in [0.25, 0.3) is 22.1 Å². The molecule has 2 aromatic carbocycles. The predicted octanol–water partition coefficient (Wildman–Crippen LogP) is 4.73. The third-order valence-electron chi connectivity index (χ3n) is 5.14. The van der Waals surface area contributed by atoms with E-state index in [0.29, 0.717) is 17.2 Å². The molecule has 0 saturated carbocycles. The molecule has 0 N–H and O–H groups in total. The quantitative estimate of drug-likeness (QED) is 0.450. The van der Waals surface area contributed by atoms with Gasteiger partial charge in [-0.3, -0.25) is 0 Å². The van der Waals surface area contributed by atoms with Crippen molar-refractivity contribution in [3.8, 4) is 11.4 Å². The SMILES string of the molecule is Cc1c(-[n+]2cc3ccccc3cc2C)cc(C(F)(F)F)cc1-[n+]1cccnc1C. The molecule has 0 bridgehead atoms. The van der Waals surface area contributed by atoms with E-state index in [1.807, 2.05) is 54.9 Å². The Morgan fingerprint density at radius 2 is 1.48 bits per heavy atom. The molecule has 4 rings (SSSR count). The maximum atomic E-state index is 13.7. The highest BCUT2D eigenvalue weighted by molar-refractivity contribution is 5.81. The summed E-state index contributed by atoms with van der Waals surface area (Å²) in [4.78, 5) is 4.22. The Hall–Kier alpha value is -3.28. The minimum Gasteiger partial charge on any atom is -0.200 e. The highest BCUT2D eigenvalue weighted by Gasteiger charge is 2.35. The van der Waals surface area contributed by atoms with Crippen LogP contribution in [0.5, 0.6) is 0 Å². The molecule has 4 aromatic rings. The fourth-order valence-electron chi connectivity index (χ4n) is 3.60.